The zero-order valence-electron chi connectivity index (χ0n) is 20.7. The third kappa shape index (κ3) is 6.30. The van der Waals surface area contributed by atoms with Crippen LogP contribution < -0.4 is 26.2 Å². The van der Waals surface area contributed by atoms with Gasteiger partial charge in [-0.25, -0.2) is 4.79 Å². The molecule has 2 aromatic carbocycles. The average Bonchev–Trinajstić information content (AvgIpc) is 2.91. The Labute approximate surface area is 226 Å². The lowest BCUT2D eigenvalue weighted by Gasteiger charge is -2.19. The lowest BCUT2D eigenvalue weighted by atomic mass is 10.1. The molecule has 0 aliphatic rings. The zero-order valence-corrected chi connectivity index (χ0v) is 21.5. The molecular formula is C26H23ClN6O6. The molecule has 1 atom stereocenters. The van der Waals surface area contributed by atoms with Crippen molar-refractivity contribution in [2.24, 2.45) is 0 Å². The number of halogens is 1. The molecule has 200 valence electrons. The molecule has 13 heteroatoms. The van der Waals surface area contributed by atoms with Crippen LogP contribution in [0.3, 0.4) is 0 Å². The molecular weight excluding hydrogens is 528 g/mol. The summed E-state index contributed by atoms with van der Waals surface area (Å²) in [4.78, 5) is 60.6. The summed E-state index contributed by atoms with van der Waals surface area (Å²) in [5.74, 6) is -1.30. The smallest absolute Gasteiger partial charge is 0.404 e. The van der Waals surface area contributed by atoms with E-state index in [4.69, 9.17) is 21.4 Å². The van der Waals surface area contributed by atoms with Crippen molar-refractivity contribution in [3.05, 3.63) is 92.4 Å². The molecule has 2 heterocycles. The van der Waals surface area contributed by atoms with Crippen LogP contribution in [-0.4, -0.2) is 51.6 Å². The van der Waals surface area contributed by atoms with Crippen LogP contribution in [0, 0.1) is 6.92 Å². The number of aromatic amines is 1. The van der Waals surface area contributed by atoms with E-state index in [0.29, 0.717) is 16.6 Å². The molecule has 2 aromatic heterocycles. The van der Waals surface area contributed by atoms with Gasteiger partial charge in [0, 0.05) is 17.5 Å². The molecule has 3 amide bonds. The summed E-state index contributed by atoms with van der Waals surface area (Å²) in [5, 5.41) is 17.2. The van der Waals surface area contributed by atoms with Crippen molar-refractivity contribution in [3.63, 3.8) is 0 Å². The van der Waals surface area contributed by atoms with Crippen molar-refractivity contribution in [2.45, 2.75) is 13.0 Å². The summed E-state index contributed by atoms with van der Waals surface area (Å²) in [5.41, 5.74) is 0.726. The van der Waals surface area contributed by atoms with E-state index in [0.717, 1.165) is 0 Å². The number of anilines is 1. The number of nitrogens with one attached hydrogen (secondary N) is 4. The van der Waals surface area contributed by atoms with Crippen LogP contribution in [0.4, 0.5) is 10.5 Å². The third-order valence-electron chi connectivity index (χ3n) is 5.75. The van der Waals surface area contributed by atoms with Gasteiger partial charge in [-0.15, -0.1) is 0 Å². The molecule has 4 rings (SSSR count). The van der Waals surface area contributed by atoms with Gasteiger partial charge in [0.2, 0.25) is 0 Å². The topological polar surface area (TPSA) is 175 Å². The second kappa shape index (κ2) is 11.6. The minimum absolute atomic E-state index is 0.0674. The number of nitrogens with zero attached hydrogens (tertiary/aromatic N) is 2. The third-order valence-corrected chi connectivity index (χ3v) is 6.08. The van der Waals surface area contributed by atoms with E-state index in [1.54, 1.807) is 37.3 Å². The first-order valence-corrected chi connectivity index (χ1v) is 11.9. The summed E-state index contributed by atoms with van der Waals surface area (Å²) in [6.07, 6.45) is -1.23. The molecule has 39 heavy (non-hydrogen) atoms. The number of fused-ring (bicyclic) bond motifs is 1. The van der Waals surface area contributed by atoms with E-state index >= 15 is 0 Å². The van der Waals surface area contributed by atoms with Gasteiger partial charge < -0.3 is 30.8 Å². The molecule has 0 aliphatic heterocycles. The normalized spacial score (nSPS) is 11.5. The van der Waals surface area contributed by atoms with E-state index in [9.17, 15) is 19.2 Å². The largest absolute Gasteiger partial charge is 0.467 e. The number of H-pyrrole nitrogens is 1. The number of pyridine rings is 1. The number of hydrogen-bond acceptors (Lipinski definition) is 7. The minimum Gasteiger partial charge on any atom is -0.467 e. The SMILES string of the molecule is COc1nc(C)c2cc(C(=O)Nc3cc(C(=O)NC(CNC(=O)O)c4ccccc4)ccc3Cl)c(=O)[nH]c2n1. The second-order valence-corrected chi connectivity index (χ2v) is 8.75. The molecule has 1 unspecified atom stereocenters. The maximum absolute atomic E-state index is 13.1. The fraction of sp³-hybridized carbons (Fsp3) is 0.154. The fourth-order valence-corrected chi connectivity index (χ4v) is 3.95. The van der Waals surface area contributed by atoms with Crippen LogP contribution in [0.1, 0.15) is 38.0 Å². The predicted molar refractivity (Wildman–Crippen MR) is 144 cm³/mol. The van der Waals surface area contributed by atoms with Crippen LogP contribution >= 0.6 is 11.6 Å². The van der Waals surface area contributed by atoms with E-state index in [1.807, 2.05) is 0 Å². The minimum atomic E-state index is -1.23. The monoisotopic (exact) mass is 550 g/mol. The summed E-state index contributed by atoms with van der Waals surface area (Å²) >= 11 is 6.27. The van der Waals surface area contributed by atoms with Gasteiger partial charge in [-0.05, 0) is 36.8 Å². The molecule has 5 N–H and O–H groups in total. The first-order valence-electron chi connectivity index (χ1n) is 11.6. The van der Waals surface area contributed by atoms with Crippen LogP contribution in [0.5, 0.6) is 6.01 Å². The molecule has 0 saturated carbocycles. The number of carbonyl (C=O) groups is 3. The molecule has 0 fully saturated rings. The molecule has 0 saturated heterocycles. The van der Waals surface area contributed by atoms with Crippen molar-refractivity contribution < 1.29 is 24.2 Å². The molecule has 12 nitrogen and oxygen atoms in total. The number of aromatic nitrogens is 3. The Bertz CT molecular complexity index is 1630. The standard InChI is InChI=1S/C26H23ClN6O6/c1-13-16-11-17(24(36)32-21(16)33-25(29-13)39-2)23(35)30-19-10-15(8-9-18(19)27)22(34)31-20(12-28-26(37)38)14-6-4-3-5-7-14/h3-11,20,28H,12H2,1-2H3,(H,30,35)(H,31,34)(H,37,38)(H,29,32,33,36). The Morgan fingerprint density at radius 1 is 1.08 bits per heavy atom. The Hall–Kier alpha value is -4.97. The van der Waals surface area contributed by atoms with Crippen molar-refractivity contribution in [3.8, 4) is 6.01 Å². The highest BCUT2D eigenvalue weighted by Crippen LogP contribution is 2.25. The number of methoxy groups -OCH3 is 1. The van der Waals surface area contributed by atoms with Crippen LogP contribution in [0.15, 0.2) is 59.4 Å². The van der Waals surface area contributed by atoms with E-state index in [-0.39, 0.29) is 40.0 Å². The maximum atomic E-state index is 13.1. The first-order chi connectivity index (χ1) is 18.7. The molecule has 0 aliphatic carbocycles. The van der Waals surface area contributed by atoms with Crippen LogP contribution in [-0.2, 0) is 0 Å². The molecule has 0 radical (unpaired) electrons. The number of carbonyl (C=O) groups excluding carboxylic acids is 2. The highest BCUT2D eigenvalue weighted by molar-refractivity contribution is 6.34. The first kappa shape index (κ1) is 27.1. The Kier molecular flexibility index (Phi) is 8.06. The number of carboxylic acid groups (broad SMARTS) is 1. The van der Waals surface area contributed by atoms with Gasteiger partial charge in [-0.3, -0.25) is 14.4 Å². The summed E-state index contributed by atoms with van der Waals surface area (Å²) in [6.45, 7) is 1.61. The average molecular weight is 551 g/mol. The predicted octanol–water partition coefficient (Wildman–Crippen LogP) is 3.28. The number of rotatable bonds is 8. The van der Waals surface area contributed by atoms with Gasteiger partial charge in [0.05, 0.1) is 29.6 Å². The van der Waals surface area contributed by atoms with Gasteiger partial charge in [0.15, 0.2) is 0 Å². The number of aryl methyl sites for hydroxylation is 1. The summed E-state index contributed by atoms with van der Waals surface area (Å²) in [6, 6.07) is 13.9. The van der Waals surface area contributed by atoms with Crippen molar-refractivity contribution in [1.82, 2.24) is 25.6 Å². The van der Waals surface area contributed by atoms with Crippen LogP contribution in [0.25, 0.3) is 11.0 Å². The summed E-state index contributed by atoms with van der Waals surface area (Å²) < 4.78 is 5.02. The van der Waals surface area contributed by atoms with Gasteiger partial charge in [-0.1, -0.05) is 41.9 Å². The highest BCUT2D eigenvalue weighted by atomic mass is 35.5. The van der Waals surface area contributed by atoms with E-state index in [1.165, 1.54) is 31.4 Å². The number of amides is 3. The van der Waals surface area contributed by atoms with Crippen molar-refractivity contribution in [2.75, 3.05) is 19.0 Å². The Balaban J connectivity index is 1.58. The second-order valence-electron chi connectivity index (χ2n) is 8.34. The molecule has 0 bridgehead atoms. The van der Waals surface area contributed by atoms with Gasteiger partial charge >= 0.3 is 12.1 Å². The number of benzene rings is 2. The van der Waals surface area contributed by atoms with Crippen LogP contribution in [0.2, 0.25) is 5.02 Å². The fourth-order valence-electron chi connectivity index (χ4n) is 3.79. The van der Waals surface area contributed by atoms with Crippen molar-refractivity contribution in [1.29, 1.82) is 0 Å². The van der Waals surface area contributed by atoms with Gasteiger partial charge in [-0.2, -0.15) is 9.97 Å². The number of ether oxygens (including phenoxy) is 1. The number of hydrogen-bond donors (Lipinski definition) is 5. The zero-order chi connectivity index (χ0) is 28.1. The van der Waals surface area contributed by atoms with Crippen molar-refractivity contribution >= 4 is 46.2 Å². The highest BCUT2D eigenvalue weighted by Gasteiger charge is 2.20. The lowest BCUT2D eigenvalue weighted by molar-refractivity contribution is 0.0934. The Morgan fingerprint density at radius 2 is 1.82 bits per heavy atom. The van der Waals surface area contributed by atoms with Gasteiger partial charge in [0.25, 0.3) is 17.4 Å². The summed E-state index contributed by atoms with van der Waals surface area (Å²) in [7, 11) is 1.40. The van der Waals surface area contributed by atoms with E-state index in [2.05, 4.69) is 30.9 Å². The van der Waals surface area contributed by atoms with Gasteiger partial charge in [0.1, 0.15) is 11.2 Å². The molecule has 0 spiro atoms. The quantitative estimate of drug-likeness (QED) is 0.222. The lowest BCUT2D eigenvalue weighted by Crippen LogP contribution is -2.37. The Morgan fingerprint density at radius 3 is 2.51 bits per heavy atom. The maximum Gasteiger partial charge on any atom is 0.404 e. The molecule has 4 aromatic rings. The van der Waals surface area contributed by atoms with E-state index < -0.39 is 29.5 Å².